The number of halogens is 2. The highest BCUT2D eigenvalue weighted by Gasteiger charge is 2.13. The summed E-state index contributed by atoms with van der Waals surface area (Å²) in [7, 11) is 1.72. The molecule has 1 amide bonds. The van der Waals surface area contributed by atoms with E-state index in [1.807, 2.05) is 24.3 Å². The van der Waals surface area contributed by atoms with Crippen LogP contribution in [0.3, 0.4) is 0 Å². The van der Waals surface area contributed by atoms with Gasteiger partial charge in [0.05, 0.1) is 0 Å². The van der Waals surface area contributed by atoms with Crippen LogP contribution in [0.25, 0.3) is 0 Å². The van der Waals surface area contributed by atoms with Crippen LogP contribution in [-0.2, 0) is 6.54 Å². The summed E-state index contributed by atoms with van der Waals surface area (Å²) in [6.45, 7) is 0.510. The first-order chi connectivity index (χ1) is 9.06. The van der Waals surface area contributed by atoms with Crippen molar-refractivity contribution in [2.24, 2.45) is 0 Å². The smallest absolute Gasteiger partial charge is 0.274 e. The van der Waals surface area contributed by atoms with Gasteiger partial charge < -0.3 is 4.90 Å². The van der Waals surface area contributed by atoms with Crippen molar-refractivity contribution in [3.05, 3.63) is 57.3 Å². The molecule has 0 aliphatic heterocycles. The fourth-order valence-corrected chi connectivity index (χ4v) is 1.93. The lowest BCUT2D eigenvalue weighted by molar-refractivity contribution is 0.0778. The quantitative estimate of drug-likeness (QED) is 0.862. The molecule has 0 fully saturated rings. The number of hydrogen-bond acceptors (Lipinski definition) is 3. The van der Waals surface area contributed by atoms with Crippen molar-refractivity contribution in [1.82, 2.24) is 15.1 Å². The Labute approximate surface area is 124 Å². The number of carbonyl (C=O) groups excluding carboxylic acids is 1. The van der Waals surface area contributed by atoms with Crippen LogP contribution in [0.5, 0.6) is 0 Å². The van der Waals surface area contributed by atoms with Crippen LogP contribution in [0.2, 0.25) is 5.15 Å². The highest BCUT2D eigenvalue weighted by atomic mass is 79.9. The molecule has 0 bridgehead atoms. The molecule has 6 heteroatoms. The van der Waals surface area contributed by atoms with Gasteiger partial charge in [0, 0.05) is 18.1 Å². The first-order valence-electron chi connectivity index (χ1n) is 5.55. The molecule has 1 heterocycles. The maximum absolute atomic E-state index is 12.1. The van der Waals surface area contributed by atoms with Gasteiger partial charge in [0.1, 0.15) is 0 Å². The predicted octanol–water partition coefficient (Wildman–Crippen LogP) is 3.16. The lowest BCUT2D eigenvalue weighted by Gasteiger charge is -2.16. The first-order valence-corrected chi connectivity index (χ1v) is 6.72. The predicted molar refractivity (Wildman–Crippen MR) is 77.0 cm³/mol. The molecule has 4 nitrogen and oxygen atoms in total. The zero-order valence-electron chi connectivity index (χ0n) is 10.2. The molecule has 1 aromatic heterocycles. The Balaban J connectivity index is 2.07. The second-order valence-corrected chi connectivity index (χ2v) is 5.33. The van der Waals surface area contributed by atoms with Crippen LogP contribution in [0.15, 0.2) is 40.9 Å². The van der Waals surface area contributed by atoms with E-state index in [0.29, 0.717) is 6.54 Å². The summed E-state index contributed by atoms with van der Waals surface area (Å²) in [5, 5.41) is 7.71. The van der Waals surface area contributed by atoms with Crippen LogP contribution >= 0.6 is 27.5 Å². The van der Waals surface area contributed by atoms with Gasteiger partial charge >= 0.3 is 0 Å². The molecule has 0 aliphatic carbocycles. The van der Waals surface area contributed by atoms with Gasteiger partial charge in [-0.3, -0.25) is 4.79 Å². The van der Waals surface area contributed by atoms with Gasteiger partial charge in [-0.05, 0) is 29.8 Å². The van der Waals surface area contributed by atoms with Crippen LogP contribution in [0.4, 0.5) is 0 Å². The lowest BCUT2D eigenvalue weighted by atomic mass is 10.2. The Morgan fingerprint density at radius 1 is 1.21 bits per heavy atom. The molecule has 2 rings (SSSR count). The van der Waals surface area contributed by atoms with E-state index in [0.717, 1.165) is 10.0 Å². The Hall–Kier alpha value is -1.46. The van der Waals surface area contributed by atoms with E-state index < -0.39 is 0 Å². The standard InChI is InChI=1S/C13H11BrClN3O/c1-18(8-9-2-4-10(14)5-3-9)13(19)11-6-7-12(15)17-16-11/h2-7H,8H2,1H3. The lowest BCUT2D eigenvalue weighted by Crippen LogP contribution is -2.27. The molecule has 0 saturated carbocycles. The molecular weight excluding hydrogens is 330 g/mol. The van der Waals surface area contributed by atoms with Crippen molar-refractivity contribution in [1.29, 1.82) is 0 Å². The molecule has 0 atom stereocenters. The molecule has 0 spiro atoms. The summed E-state index contributed by atoms with van der Waals surface area (Å²) in [4.78, 5) is 13.7. The van der Waals surface area contributed by atoms with Crippen molar-refractivity contribution < 1.29 is 4.79 Å². The van der Waals surface area contributed by atoms with Crippen molar-refractivity contribution in [3.8, 4) is 0 Å². The Bertz CT molecular complexity index is 571. The summed E-state index contributed by atoms with van der Waals surface area (Å²) >= 11 is 9.01. The van der Waals surface area contributed by atoms with Gasteiger partial charge in [-0.15, -0.1) is 10.2 Å². The van der Waals surface area contributed by atoms with Crippen LogP contribution in [0, 0.1) is 0 Å². The molecule has 0 radical (unpaired) electrons. The Morgan fingerprint density at radius 2 is 1.89 bits per heavy atom. The fourth-order valence-electron chi connectivity index (χ4n) is 1.56. The number of benzene rings is 1. The maximum Gasteiger partial charge on any atom is 0.274 e. The largest absolute Gasteiger partial charge is 0.336 e. The van der Waals surface area contributed by atoms with E-state index in [4.69, 9.17) is 11.6 Å². The van der Waals surface area contributed by atoms with E-state index in [-0.39, 0.29) is 16.8 Å². The van der Waals surface area contributed by atoms with Crippen LogP contribution < -0.4 is 0 Å². The zero-order valence-corrected chi connectivity index (χ0v) is 12.5. The number of hydrogen-bond donors (Lipinski definition) is 0. The molecule has 19 heavy (non-hydrogen) atoms. The first kappa shape index (κ1) is 14.0. The summed E-state index contributed by atoms with van der Waals surface area (Å²) in [5.74, 6) is -0.188. The van der Waals surface area contributed by atoms with Crippen molar-refractivity contribution in [2.75, 3.05) is 7.05 Å². The highest BCUT2D eigenvalue weighted by Crippen LogP contribution is 2.13. The summed E-state index contributed by atoms with van der Waals surface area (Å²) < 4.78 is 1.01. The topological polar surface area (TPSA) is 46.1 Å². The molecular formula is C13H11BrClN3O. The van der Waals surface area contributed by atoms with E-state index in [9.17, 15) is 4.79 Å². The van der Waals surface area contributed by atoms with Gasteiger partial charge in [-0.2, -0.15) is 0 Å². The molecule has 1 aromatic carbocycles. The number of rotatable bonds is 3. The highest BCUT2D eigenvalue weighted by molar-refractivity contribution is 9.10. The Morgan fingerprint density at radius 3 is 2.47 bits per heavy atom. The van der Waals surface area contributed by atoms with Gasteiger partial charge in [-0.25, -0.2) is 0 Å². The van der Waals surface area contributed by atoms with E-state index in [2.05, 4.69) is 26.1 Å². The third-order valence-corrected chi connectivity index (χ3v) is 3.26. The number of carbonyl (C=O) groups is 1. The van der Waals surface area contributed by atoms with Gasteiger partial charge in [0.25, 0.3) is 5.91 Å². The second kappa shape index (κ2) is 6.12. The summed E-state index contributed by atoms with van der Waals surface area (Å²) in [6, 6.07) is 10.9. The van der Waals surface area contributed by atoms with Gasteiger partial charge in [-0.1, -0.05) is 39.7 Å². The summed E-state index contributed by atoms with van der Waals surface area (Å²) in [5.41, 5.74) is 1.32. The normalized spacial score (nSPS) is 10.3. The molecule has 0 saturated heterocycles. The zero-order chi connectivity index (χ0) is 13.8. The minimum Gasteiger partial charge on any atom is -0.336 e. The van der Waals surface area contributed by atoms with E-state index in [1.54, 1.807) is 24.1 Å². The SMILES string of the molecule is CN(Cc1ccc(Br)cc1)C(=O)c1ccc(Cl)nn1. The van der Waals surface area contributed by atoms with Gasteiger partial charge in [0.2, 0.25) is 0 Å². The Kier molecular flexibility index (Phi) is 4.50. The van der Waals surface area contributed by atoms with Crippen LogP contribution in [0.1, 0.15) is 16.1 Å². The molecule has 0 N–H and O–H groups in total. The number of nitrogens with zero attached hydrogens (tertiary/aromatic N) is 3. The third kappa shape index (κ3) is 3.75. The van der Waals surface area contributed by atoms with E-state index in [1.165, 1.54) is 0 Å². The van der Waals surface area contributed by atoms with Crippen LogP contribution in [-0.4, -0.2) is 28.1 Å². The third-order valence-electron chi connectivity index (χ3n) is 2.53. The molecule has 98 valence electrons. The summed E-state index contributed by atoms with van der Waals surface area (Å²) in [6.07, 6.45) is 0. The molecule has 2 aromatic rings. The van der Waals surface area contributed by atoms with Crippen molar-refractivity contribution in [2.45, 2.75) is 6.54 Å². The fraction of sp³-hybridized carbons (Fsp3) is 0.154. The average Bonchev–Trinajstić information content (AvgIpc) is 2.41. The number of aromatic nitrogens is 2. The van der Waals surface area contributed by atoms with E-state index >= 15 is 0 Å². The second-order valence-electron chi connectivity index (χ2n) is 4.03. The minimum absolute atomic E-state index is 0.188. The van der Waals surface area contributed by atoms with Crippen molar-refractivity contribution in [3.63, 3.8) is 0 Å². The minimum atomic E-state index is -0.188. The monoisotopic (exact) mass is 339 g/mol. The average molecular weight is 341 g/mol. The van der Waals surface area contributed by atoms with Crippen molar-refractivity contribution >= 4 is 33.4 Å². The number of amides is 1. The van der Waals surface area contributed by atoms with Gasteiger partial charge in [0.15, 0.2) is 10.8 Å². The maximum atomic E-state index is 12.1. The molecule has 0 aliphatic rings. The molecule has 0 unspecified atom stereocenters.